The Kier molecular flexibility index (Phi) is 3.19. The molecule has 5 nitrogen and oxygen atoms in total. The van der Waals surface area contributed by atoms with Crippen molar-refractivity contribution in [1.82, 2.24) is 15.2 Å². The summed E-state index contributed by atoms with van der Waals surface area (Å²) < 4.78 is 0. The first-order chi connectivity index (χ1) is 7.70. The molecule has 1 aliphatic rings. The molecule has 86 valence electrons. The molecule has 1 saturated heterocycles. The fraction of sp³-hybridized carbons (Fsp3) is 0.500. The minimum Gasteiger partial charge on any atom is -0.343 e. The molecule has 1 aromatic rings. The lowest BCUT2D eigenvalue weighted by Crippen LogP contribution is -2.57. The van der Waals surface area contributed by atoms with Gasteiger partial charge in [0, 0.05) is 11.6 Å². The van der Waals surface area contributed by atoms with Crippen LogP contribution in [0, 0.1) is 0 Å². The van der Waals surface area contributed by atoms with E-state index in [1.54, 1.807) is 11.1 Å². The van der Waals surface area contributed by atoms with E-state index in [-0.39, 0.29) is 24.4 Å². The van der Waals surface area contributed by atoms with E-state index in [4.69, 9.17) is 0 Å². The Balaban J connectivity index is 2.08. The molecule has 1 N–H and O–H groups in total. The Morgan fingerprint density at radius 1 is 1.62 bits per heavy atom. The Bertz CT molecular complexity index is 391. The third kappa shape index (κ3) is 2.21. The molecule has 0 saturated carbocycles. The van der Waals surface area contributed by atoms with Gasteiger partial charge in [-0.2, -0.15) is 0 Å². The second-order valence-corrected chi connectivity index (χ2v) is 4.63. The summed E-state index contributed by atoms with van der Waals surface area (Å²) in [5.74, 6) is -0.111. The number of carbonyl (C=O) groups is 2. The van der Waals surface area contributed by atoms with E-state index >= 15 is 0 Å². The number of carbonyl (C=O) groups excluding carboxylic acids is 2. The molecule has 0 radical (unpaired) electrons. The largest absolute Gasteiger partial charge is 0.343 e. The van der Waals surface area contributed by atoms with Gasteiger partial charge in [0.25, 0.3) is 0 Å². The molecule has 1 fully saturated rings. The van der Waals surface area contributed by atoms with E-state index in [2.05, 4.69) is 10.3 Å². The highest BCUT2D eigenvalue weighted by Gasteiger charge is 2.31. The van der Waals surface area contributed by atoms with Crippen LogP contribution < -0.4 is 5.32 Å². The van der Waals surface area contributed by atoms with Gasteiger partial charge < -0.3 is 10.2 Å². The van der Waals surface area contributed by atoms with Crippen LogP contribution in [0.5, 0.6) is 0 Å². The lowest BCUT2D eigenvalue weighted by atomic mass is 10.1. The minimum absolute atomic E-state index is 0.0164. The molecular weight excluding hydrogens is 226 g/mol. The first-order valence-corrected chi connectivity index (χ1v) is 6.05. The third-order valence-corrected chi connectivity index (χ3v) is 3.26. The molecule has 2 rings (SSSR count). The Labute approximate surface area is 97.5 Å². The maximum absolute atomic E-state index is 11.9. The number of nitrogens with one attached hydrogen (secondary N) is 1. The lowest BCUT2D eigenvalue weighted by Gasteiger charge is -2.31. The summed E-state index contributed by atoms with van der Waals surface area (Å²) in [5, 5.41) is 5.40. The van der Waals surface area contributed by atoms with Gasteiger partial charge in [-0.1, -0.05) is 6.92 Å². The third-order valence-electron chi connectivity index (χ3n) is 2.50. The smallest absolute Gasteiger partial charge is 0.245 e. The van der Waals surface area contributed by atoms with Gasteiger partial charge in [0.05, 0.1) is 6.54 Å². The van der Waals surface area contributed by atoms with Gasteiger partial charge in [0.15, 0.2) is 0 Å². The van der Waals surface area contributed by atoms with Gasteiger partial charge in [-0.25, -0.2) is 4.98 Å². The van der Waals surface area contributed by atoms with Crippen LogP contribution in [-0.2, 0) is 16.1 Å². The predicted octanol–water partition coefficient (Wildman–Crippen LogP) is 0.380. The van der Waals surface area contributed by atoms with Crippen molar-refractivity contribution in [3.63, 3.8) is 0 Å². The topological polar surface area (TPSA) is 62.3 Å². The number of thiazole rings is 1. The van der Waals surface area contributed by atoms with Crippen molar-refractivity contribution < 1.29 is 9.59 Å². The van der Waals surface area contributed by atoms with Gasteiger partial charge in [-0.15, -0.1) is 11.3 Å². The summed E-state index contributed by atoms with van der Waals surface area (Å²) >= 11 is 1.49. The monoisotopic (exact) mass is 239 g/mol. The van der Waals surface area contributed by atoms with Gasteiger partial charge >= 0.3 is 0 Å². The zero-order valence-electron chi connectivity index (χ0n) is 8.97. The normalized spacial score (nSPS) is 21.1. The number of piperazine rings is 1. The van der Waals surface area contributed by atoms with Crippen molar-refractivity contribution in [3.8, 4) is 0 Å². The van der Waals surface area contributed by atoms with E-state index in [1.165, 1.54) is 11.3 Å². The molecule has 0 aliphatic carbocycles. The molecule has 2 heterocycles. The zero-order valence-corrected chi connectivity index (χ0v) is 9.79. The van der Waals surface area contributed by atoms with Crippen molar-refractivity contribution in [1.29, 1.82) is 0 Å². The van der Waals surface area contributed by atoms with Gasteiger partial charge in [-0.05, 0) is 6.42 Å². The number of hydrogen-bond donors (Lipinski definition) is 1. The van der Waals surface area contributed by atoms with E-state index in [1.807, 2.05) is 12.3 Å². The molecule has 1 aliphatic heterocycles. The summed E-state index contributed by atoms with van der Waals surface area (Å²) in [4.78, 5) is 29.0. The second kappa shape index (κ2) is 4.61. The first-order valence-electron chi connectivity index (χ1n) is 5.17. The molecule has 0 bridgehead atoms. The molecule has 1 aromatic heterocycles. The van der Waals surface area contributed by atoms with Crippen LogP contribution in [0.3, 0.4) is 0 Å². The van der Waals surface area contributed by atoms with Crippen LogP contribution in [0.1, 0.15) is 18.4 Å². The Morgan fingerprint density at radius 3 is 3.06 bits per heavy atom. The van der Waals surface area contributed by atoms with E-state index in [0.29, 0.717) is 13.0 Å². The fourth-order valence-corrected chi connectivity index (χ4v) is 2.31. The quantitative estimate of drug-likeness (QED) is 0.829. The van der Waals surface area contributed by atoms with E-state index < -0.39 is 0 Å². The zero-order chi connectivity index (χ0) is 11.5. The highest BCUT2D eigenvalue weighted by Crippen LogP contribution is 2.12. The number of rotatable bonds is 3. The average molecular weight is 239 g/mol. The van der Waals surface area contributed by atoms with E-state index in [0.717, 1.165) is 5.01 Å². The molecule has 2 amide bonds. The average Bonchev–Trinajstić information content (AvgIpc) is 2.75. The van der Waals surface area contributed by atoms with Crippen LogP contribution in [0.25, 0.3) is 0 Å². The molecule has 16 heavy (non-hydrogen) atoms. The van der Waals surface area contributed by atoms with Crippen LogP contribution in [0.4, 0.5) is 0 Å². The SMILES string of the molecule is CCC1NC(=O)CN(Cc2nccs2)C1=O. The number of aromatic nitrogens is 1. The van der Waals surface area contributed by atoms with Gasteiger partial charge in [-0.3, -0.25) is 9.59 Å². The van der Waals surface area contributed by atoms with E-state index in [9.17, 15) is 9.59 Å². The Morgan fingerprint density at radius 2 is 2.44 bits per heavy atom. The number of amides is 2. The van der Waals surface area contributed by atoms with Gasteiger partial charge in [0.1, 0.15) is 17.6 Å². The summed E-state index contributed by atoms with van der Waals surface area (Å²) in [5.41, 5.74) is 0. The fourth-order valence-electron chi connectivity index (χ4n) is 1.68. The van der Waals surface area contributed by atoms with Crippen LogP contribution >= 0.6 is 11.3 Å². The number of nitrogens with zero attached hydrogens (tertiary/aromatic N) is 2. The molecule has 0 spiro atoms. The van der Waals surface area contributed by atoms with Gasteiger partial charge in [0.2, 0.25) is 11.8 Å². The minimum atomic E-state index is -0.374. The van der Waals surface area contributed by atoms with Crippen molar-refractivity contribution >= 4 is 23.2 Å². The summed E-state index contributed by atoms with van der Waals surface area (Å²) in [6.45, 7) is 2.45. The van der Waals surface area contributed by atoms with Crippen LogP contribution in [0.2, 0.25) is 0 Å². The second-order valence-electron chi connectivity index (χ2n) is 3.65. The van der Waals surface area contributed by atoms with Crippen molar-refractivity contribution in [2.24, 2.45) is 0 Å². The van der Waals surface area contributed by atoms with Crippen molar-refractivity contribution in [3.05, 3.63) is 16.6 Å². The maximum Gasteiger partial charge on any atom is 0.245 e. The molecular formula is C10H13N3O2S. The summed E-state index contributed by atoms with van der Waals surface area (Å²) in [6.07, 6.45) is 2.32. The standard InChI is InChI=1S/C10H13N3O2S/c1-2-7-10(15)13(5-8(14)12-7)6-9-11-3-4-16-9/h3-4,7H,2,5-6H2,1H3,(H,12,14). The lowest BCUT2D eigenvalue weighted by molar-refractivity contribution is -0.144. The Hall–Kier alpha value is -1.43. The maximum atomic E-state index is 11.9. The number of hydrogen-bond acceptors (Lipinski definition) is 4. The molecule has 0 aromatic carbocycles. The molecule has 6 heteroatoms. The highest BCUT2D eigenvalue weighted by molar-refractivity contribution is 7.09. The highest BCUT2D eigenvalue weighted by atomic mass is 32.1. The van der Waals surface area contributed by atoms with Crippen LogP contribution in [-0.4, -0.2) is 34.3 Å². The summed E-state index contributed by atoms with van der Waals surface area (Å²) in [6, 6.07) is -0.374. The summed E-state index contributed by atoms with van der Waals surface area (Å²) in [7, 11) is 0. The van der Waals surface area contributed by atoms with Crippen LogP contribution in [0.15, 0.2) is 11.6 Å². The first kappa shape index (κ1) is 11.1. The predicted molar refractivity (Wildman–Crippen MR) is 59.8 cm³/mol. The molecule has 1 unspecified atom stereocenters. The van der Waals surface area contributed by atoms with Crippen molar-refractivity contribution in [2.75, 3.05) is 6.54 Å². The van der Waals surface area contributed by atoms with Crippen molar-refractivity contribution in [2.45, 2.75) is 25.9 Å². The molecule has 1 atom stereocenters.